The summed E-state index contributed by atoms with van der Waals surface area (Å²) in [6.45, 7) is 5.67. The van der Waals surface area contributed by atoms with E-state index in [9.17, 15) is 0 Å². The molecule has 0 saturated heterocycles. The molecule has 0 aliphatic rings. The molecule has 0 saturated carbocycles. The van der Waals surface area contributed by atoms with E-state index in [0.717, 1.165) is 13.2 Å². The van der Waals surface area contributed by atoms with Crippen LogP contribution < -0.4 is 17.7 Å². The molecule has 0 aromatic heterocycles. The normalized spacial score (nSPS) is 6.67. The van der Waals surface area contributed by atoms with E-state index >= 15 is 0 Å². The van der Waals surface area contributed by atoms with Crippen LogP contribution in [0.2, 0.25) is 0 Å². The first-order valence-corrected chi connectivity index (χ1v) is 3.15. The van der Waals surface area contributed by atoms with Gasteiger partial charge in [0, 0.05) is 13.2 Å². The van der Waals surface area contributed by atoms with Gasteiger partial charge < -0.3 is 22.5 Å². The largest absolute Gasteiger partial charge is 1.00 e. The molecule has 0 atom stereocenters. The molecule has 0 spiro atoms. The number of ether oxygens (including phenoxy) is 1. The maximum atomic E-state index is 4.83. The summed E-state index contributed by atoms with van der Waals surface area (Å²) in [6, 6.07) is 0. The zero-order valence-corrected chi connectivity index (χ0v) is 7.53. The van der Waals surface area contributed by atoms with E-state index in [1.165, 1.54) is 0 Å². The van der Waals surface area contributed by atoms with Crippen molar-refractivity contribution < 1.29 is 22.5 Å². The second-order valence-electron chi connectivity index (χ2n) is 1.36. The molecule has 0 unspecified atom stereocenters. The molecule has 0 aliphatic heterocycles. The average molecular weight is 156 g/mol. The molecule has 60 valence electrons. The van der Waals surface area contributed by atoms with Crippen molar-refractivity contribution in [2.45, 2.75) is 13.8 Å². The Labute approximate surface area is 64.4 Å². The van der Waals surface area contributed by atoms with Gasteiger partial charge in [-0.15, -0.1) is 0 Å². The van der Waals surface area contributed by atoms with Crippen LogP contribution in [0.5, 0.6) is 0 Å². The van der Waals surface area contributed by atoms with E-state index in [1.54, 1.807) is 0 Å². The summed E-state index contributed by atoms with van der Waals surface area (Å²) >= 11 is 0. The van der Waals surface area contributed by atoms with Gasteiger partial charge in [0.05, 0.1) is 14.1 Å². The lowest BCUT2D eigenvalue weighted by Gasteiger charge is -1.86. The molecule has 0 aromatic rings. The third-order valence-corrected chi connectivity index (χ3v) is 0.408. The summed E-state index contributed by atoms with van der Waals surface area (Å²) in [6.07, 6.45) is 0. The highest BCUT2D eigenvalue weighted by Gasteiger charge is 1.64. The van der Waals surface area contributed by atoms with E-state index in [2.05, 4.69) is 0 Å². The molecule has 0 aromatic carbocycles. The fraction of sp³-hybridized carbons (Fsp3) is 1.00. The van der Waals surface area contributed by atoms with Crippen LogP contribution in [0.3, 0.4) is 0 Å². The Balaban J connectivity index is -0.0000000800. The van der Waals surface area contributed by atoms with Crippen LogP contribution >= 0.6 is 0 Å². The van der Waals surface area contributed by atoms with Crippen molar-refractivity contribution in [3.05, 3.63) is 0 Å². The Hall–Kier alpha value is 0.210. The average Bonchev–Trinajstić information content (AvgIpc) is 1.71. The second kappa shape index (κ2) is 24.1. The molecule has 0 bridgehead atoms. The van der Waals surface area contributed by atoms with Gasteiger partial charge in [0.15, 0.2) is 0 Å². The van der Waals surface area contributed by atoms with Crippen LogP contribution in [-0.4, -0.2) is 27.3 Å². The lowest BCUT2D eigenvalue weighted by molar-refractivity contribution is -0.597. The molecule has 2 nitrogen and oxygen atoms in total. The van der Waals surface area contributed by atoms with Crippen molar-refractivity contribution in [1.82, 2.24) is 0 Å². The Kier molecular flexibility index (Phi) is 43.1. The van der Waals surface area contributed by atoms with E-state index in [1.807, 2.05) is 33.3 Å². The summed E-state index contributed by atoms with van der Waals surface area (Å²) in [5.41, 5.74) is 0. The highest BCUT2D eigenvalue weighted by molar-refractivity contribution is 4.07. The van der Waals surface area contributed by atoms with Crippen molar-refractivity contribution in [3.8, 4) is 0 Å². The van der Waals surface area contributed by atoms with Crippen molar-refractivity contribution in [1.29, 1.82) is 0 Å². The van der Waals surface area contributed by atoms with Crippen LogP contribution in [0.25, 0.3) is 0 Å². The van der Waals surface area contributed by atoms with Crippen LogP contribution in [-0.2, 0) is 4.74 Å². The molecule has 3 heteroatoms. The van der Waals surface area contributed by atoms with Gasteiger partial charge >= 0.3 is 0 Å². The third kappa shape index (κ3) is 64.8. The van der Waals surface area contributed by atoms with Gasteiger partial charge in [-0.1, -0.05) is 0 Å². The standard InChI is InChI=1S/C4H10O.C2H7N.ClH/c1-3-5-4-2;1-3-2;/h3-4H2,1-2H3;3H,1-2H3;1H. The molecule has 0 fully saturated rings. The minimum Gasteiger partial charge on any atom is -1.00 e. The van der Waals surface area contributed by atoms with Gasteiger partial charge in [-0.25, -0.2) is 0 Å². The van der Waals surface area contributed by atoms with E-state index in [0.29, 0.717) is 0 Å². The molecule has 9 heavy (non-hydrogen) atoms. The molecular weight excluding hydrogens is 138 g/mol. The monoisotopic (exact) mass is 155 g/mol. The molecule has 0 aliphatic carbocycles. The number of quaternary nitrogens is 1. The first kappa shape index (κ1) is 16.1. The number of rotatable bonds is 2. The predicted octanol–water partition coefficient (Wildman–Crippen LogP) is -3.14. The van der Waals surface area contributed by atoms with Gasteiger partial charge in [-0.2, -0.15) is 0 Å². The van der Waals surface area contributed by atoms with E-state index in [4.69, 9.17) is 4.74 Å². The van der Waals surface area contributed by atoms with Crippen molar-refractivity contribution in [2.75, 3.05) is 27.3 Å². The Morgan fingerprint density at radius 2 is 1.33 bits per heavy atom. The predicted molar refractivity (Wildman–Crippen MR) is 35.9 cm³/mol. The van der Waals surface area contributed by atoms with Gasteiger partial charge in [-0.3, -0.25) is 0 Å². The van der Waals surface area contributed by atoms with Crippen LogP contribution in [0.4, 0.5) is 0 Å². The molecular formula is C6H18ClNO. The molecule has 2 N–H and O–H groups in total. The van der Waals surface area contributed by atoms with Crippen molar-refractivity contribution >= 4 is 0 Å². The maximum absolute atomic E-state index is 4.83. The summed E-state index contributed by atoms with van der Waals surface area (Å²) in [4.78, 5) is 0. The van der Waals surface area contributed by atoms with Gasteiger partial charge in [0.25, 0.3) is 0 Å². The summed E-state index contributed by atoms with van der Waals surface area (Å²) in [5.74, 6) is 0. The fourth-order valence-electron chi connectivity index (χ4n) is 0.204. The van der Waals surface area contributed by atoms with E-state index in [-0.39, 0.29) is 12.4 Å². The molecule has 0 amide bonds. The lowest BCUT2D eigenvalue weighted by Crippen LogP contribution is -3.00. The number of nitrogens with two attached hydrogens (primary N) is 1. The zero-order chi connectivity index (χ0) is 6.83. The minimum absolute atomic E-state index is 0. The topological polar surface area (TPSA) is 25.8 Å². The van der Waals surface area contributed by atoms with Crippen molar-refractivity contribution in [3.63, 3.8) is 0 Å². The Bertz CT molecular complexity index is 27.0. The number of halogens is 1. The molecule has 0 heterocycles. The Morgan fingerprint density at radius 3 is 1.33 bits per heavy atom. The van der Waals surface area contributed by atoms with Crippen molar-refractivity contribution in [2.24, 2.45) is 0 Å². The first-order valence-electron chi connectivity index (χ1n) is 3.15. The van der Waals surface area contributed by atoms with Crippen LogP contribution in [0, 0.1) is 0 Å². The quantitative estimate of drug-likeness (QED) is 0.448. The van der Waals surface area contributed by atoms with E-state index < -0.39 is 0 Å². The maximum Gasteiger partial charge on any atom is 0.0647 e. The van der Waals surface area contributed by atoms with Gasteiger partial charge in [-0.05, 0) is 13.8 Å². The SMILES string of the molecule is CCOCC.C[NH2+]C.[Cl-]. The number of hydrogen-bond donors (Lipinski definition) is 1. The highest BCUT2D eigenvalue weighted by atomic mass is 35.5. The molecule has 0 radical (unpaired) electrons. The smallest absolute Gasteiger partial charge is 0.0647 e. The van der Waals surface area contributed by atoms with Crippen LogP contribution in [0.1, 0.15) is 13.8 Å². The number of hydrogen-bond acceptors (Lipinski definition) is 1. The Morgan fingerprint density at radius 1 is 1.11 bits per heavy atom. The van der Waals surface area contributed by atoms with Crippen LogP contribution in [0.15, 0.2) is 0 Å². The summed E-state index contributed by atoms with van der Waals surface area (Å²) < 4.78 is 4.83. The third-order valence-electron chi connectivity index (χ3n) is 0.408. The minimum atomic E-state index is 0. The fourth-order valence-corrected chi connectivity index (χ4v) is 0.204. The summed E-state index contributed by atoms with van der Waals surface area (Å²) in [7, 11) is 4.00. The highest BCUT2D eigenvalue weighted by Crippen LogP contribution is 1.64. The second-order valence-corrected chi connectivity index (χ2v) is 1.36. The van der Waals surface area contributed by atoms with Gasteiger partial charge in [0.1, 0.15) is 0 Å². The lowest BCUT2D eigenvalue weighted by atomic mass is 10.8. The summed E-state index contributed by atoms with van der Waals surface area (Å²) in [5, 5.41) is 2.00. The zero-order valence-electron chi connectivity index (χ0n) is 6.78. The van der Waals surface area contributed by atoms with Gasteiger partial charge in [0.2, 0.25) is 0 Å². The first-order chi connectivity index (χ1) is 3.83. The molecule has 0 rings (SSSR count).